The number of nitrogens with zero attached hydrogens (tertiary/aromatic N) is 5. The molecule has 53 heavy (non-hydrogen) atoms. The molecule has 0 atom stereocenters. The van der Waals surface area contributed by atoms with Gasteiger partial charge in [-0.1, -0.05) is 103 Å². The predicted molar refractivity (Wildman–Crippen MR) is 217 cm³/mol. The van der Waals surface area contributed by atoms with Crippen LogP contribution in [0.5, 0.6) is 0 Å². The SMILES string of the molecule is c1ccc(-c2nc(-c3ccccc3)nc(-c3ccc4c(c3)c3cc(-c5ccc6c(c5)Cc5cc7scnc7cc5-6)ccc3n4-c3ccccc3)n2)cc1. The van der Waals surface area contributed by atoms with Crippen molar-refractivity contribution in [3.63, 3.8) is 0 Å². The molecule has 7 aromatic carbocycles. The number of fused-ring (bicyclic) bond motifs is 7. The zero-order chi connectivity index (χ0) is 34.9. The molecular weight excluding hydrogens is 667 g/mol. The van der Waals surface area contributed by atoms with Gasteiger partial charge in [-0.15, -0.1) is 11.3 Å². The van der Waals surface area contributed by atoms with Gasteiger partial charge in [-0.05, 0) is 94.4 Å². The van der Waals surface area contributed by atoms with Gasteiger partial charge in [0.05, 0.1) is 26.8 Å². The maximum absolute atomic E-state index is 5.05. The number of benzene rings is 7. The molecule has 1 aliphatic carbocycles. The van der Waals surface area contributed by atoms with Gasteiger partial charge < -0.3 is 4.57 Å². The van der Waals surface area contributed by atoms with Crippen LogP contribution >= 0.6 is 11.3 Å². The summed E-state index contributed by atoms with van der Waals surface area (Å²) in [6.45, 7) is 0. The predicted octanol–water partition coefficient (Wildman–Crippen LogP) is 11.8. The van der Waals surface area contributed by atoms with Crippen LogP contribution in [0, 0.1) is 0 Å². The van der Waals surface area contributed by atoms with E-state index in [9.17, 15) is 0 Å². The van der Waals surface area contributed by atoms with E-state index < -0.39 is 0 Å². The molecule has 0 bridgehead atoms. The molecule has 0 saturated carbocycles. The molecule has 1 aliphatic rings. The van der Waals surface area contributed by atoms with E-state index in [1.165, 1.54) is 43.5 Å². The number of hydrogen-bond donors (Lipinski definition) is 0. The molecule has 0 aliphatic heterocycles. The van der Waals surface area contributed by atoms with Crippen molar-refractivity contribution in [3.8, 4) is 62.1 Å². The fraction of sp³-hybridized carbons (Fsp3) is 0.0213. The Morgan fingerprint density at radius 3 is 1.68 bits per heavy atom. The van der Waals surface area contributed by atoms with Crippen LogP contribution in [0.2, 0.25) is 0 Å². The number of hydrogen-bond acceptors (Lipinski definition) is 5. The van der Waals surface area contributed by atoms with Gasteiger partial charge in [-0.3, -0.25) is 0 Å². The lowest BCUT2D eigenvalue weighted by Crippen LogP contribution is -2.00. The van der Waals surface area contributed by atoms with Crippen LogP contribution in [-0.2, 0) is 6.42 Å². The number of aromatic nitrogens is 5. The zero-order valence-electron chi connectivity index (χ0n) is 28.4. The van der Waals surface area contributed by atoms with Crippen molar-refractivity contribution >= 4 is 43.4 Å². The first-order valence-electron chi connectivity index (χ1n) is 17.7. The molecule has 0 amide bonds. The molecule has 248 valence electrons. The molecule has 0 saturated heterocycles. The lowest BCUT2D eigenvalue weighted by molar-refractivity contribution is 1.07. The van der Waals surface area contributed by atoms with E-state index in [0.717, 1.165) is 50.7 Å². The first kappa shape index (κ1) is 29.9. The van der Waals surface area contributed by atoms with Gasteiger partial charge in [0.15, 0.2) is 17.5 Å². The first-order chi connectivity index (χ1) is 26.2. The summed E-state index contributed by atoms with van der Waals surface area (Å²) in [6.07, 6.45) is 0.938. The molecule has 0 spiro atoms. The summed E-state index contributed by atoms with van der Waals surface area (Å²) in [4.78, 5) is 19.6. The van der Waals surface area contributed by atoms with Crippen LogP contribution in [-0.4, -0.2) is 24.5 Å². The summed E-state index contributed by atoms with van der Waals surface area (Å²) in [7, 11) is 0. The number of para-hydroxylation sites is 1. The molecular formula is C47H29N5S. The lowest BCUT2D eigenvalue weighted by Gasteiger charge is -2.10. The molecule has 5 nitrogen and oxygen atoms in total. The molecule has 3 aromatic heterocycles. The Morgan fingerprint density at radius 1 is 0.453 bits per heavy atom. The highest BCUT2D eigenvalue weighted by atomic mass is 32.1. The minimum atomic E-state index is 0.643. The van der Waals surface area contributed by atoms with E-state index in [1.807, 2.05) is 66.2 Å². The average molecular weight is 696 g/mol. The minimum absolute atomic E-state index is 0.643. The highest BCUT2D eigenvalue weighted by Gasteiger charge is 2.22. The van der Waals surface area contributed by atoms with Gasteiger partial charge in [-0.25, -0.2) is 19.9 Å². The maximum atomic E-state index is 5.05. The van der Waals surface area contributed by atoms with E-state index in [-0.39, 0.29) is 0 Å². The van der Waals surface area contributed by atoms with Gasteiger partial charge in [0, 0.05) is 33.2 Å². The quantitative estimate of drug-likeness (QED) is 0.180. The molecule has 11 rings (SSSR count). The van der Waals surface area contributed by atoms with Crippen molar-refractivity contribution in [2.24, 2.45) is 0 Å². The fourth-order valence-corrected chi connectivity index (χ4v) is 8.59. The molecule has 6 heteroatoms. The third-order valence-corrected chi connectivity index (χ3v) is 11.2. The van der Waals surface area contributed by atoms with E-state index in [4.69, 9.17) is 15.0 Å². The third-order valence-electron chi connectivity index (χ3n) is 10.4. The van der Waals surface area contributed by atoms with Gasteiger partial charge >= 0.3 is 0 Å². The van der Waals surface area contributed by atoms with Gasteiger partial charge in [0.25, 0.3) is 0 Å². The van der Waals surface area contributed by atoms with Crippen molar-refractivity contribution in [1.82, 2.24) is 24.5 Å². The maximum Gasteiger partial charge on any atom is 0.164 e. The van der Waals surface area contributed by atoms with Crippen LogP contribution in [0.3, 0.4) is 0 Å². The van der Waals surface area contributed by atoms with Crippen molar-refractivity contribution in [2.45, 2.75) is 6.42 Å². The second kappa shape index (κ2) is 11.9. The topological polar surface area (TPSA) is 56.5 Å². The number of thiazole rings is 1. The largest absolute Gasteiger partial charge is 0.309 e. The van der Waals surface area contributed by atoms with E-state index in [2.05, 4.69) is 107 Å². The number of rotatable bonds is 5. The molecule has 0 N–H and O–H groups in total. The second-order valence-corrected chi connectivity index (χ2v) is 14.4. The Bertz CT molecular complexity index is 2960. The average Bonchev–Trinajstić information content (AvgIpc) is 3.93. The van der Waals surface area contributed by atoms with Gasteiger partial charge in [-0.2, -0.15) is 0 Å². The van der Waals surface area contributed by atoms with Crippen LogP contribution in [0.15, 0.2) is 163 Å². The summed E-state index contributed by atoms with van der Waals surface area (Å²) in [6, 6.07) is 55.8. The van der Waals surface area contributed by atoms with Crippen molar-refractivity contribution < 1.29 is 0 Å². The fourth-order valence-electron chi connectivity index (χ4n) is 7.86. The Morgan fingerprint density at radius 2 is 1.00 bits per heavy atom. The van der Waals surface area contributed by atoms with Crippen LogP contribution < -0.4 is 0 Å². The van der Waals surface area contributed by atoms with E-state index in [1.54, 1.807) is 11.3 Å². The van der Waals surface area contributed by atoms with Crippen molar-refractivity contribution in [1.29, 1.82) is 0 Å². The third kappa shape index (κ3) is 4.99. The zero-order valence-corrected chi connectivity index (χ0v) is 29.3. The van der Waals surface area contributed by atoms with E-state index >= 15 is 0 Å². The Hall–Kier alpha value is -6.76. The summed E-state index contributed by atoms with van der Waals surface area (Å²) in [5, 5.41) is 2.33. The van der Waals surface area contributed by atoms with Crippen molar-refractivity contribution in [3.05, 3.63) is 174 Å². The summed E-state index contributed by atoms with van der Waals surface area (Å²) < 4.78 is 3.61. The Balaban J connectivity index is 1.08. The van der Waals surface area contributed by atoms with Crippen LogP contribution in [0.4, 0.5) is 0 Å². The van der Waals surface area contributed by atoms with Gasteiger partial charge in [0.1, 0.15) is 0 Å². The van der Waals surface area contributed by atoms with Crippen LogP contribution in [0.1, 0.15) is 11.1 Å². The monoisotopic (exact) mass is 695 g/mol. The smallest absolute Gasteiger partial charge is 0.164 e. The first-order valence-corrected chi connectivity index (χ1v) is 18.6. The highest BCUT2D eigenvalue weighted by molar-refractivity contribution is 7.16. The summed E-state index contributed by atoms with van der Waals surface area (Å²) in [5.74, 6) is 1.95. The minimum Gasteiger partial charge on any atom is -0.309 e. The molecule has 0 radical (unpaired) electrons. The van der Waals surface area contributed by atoms with E-state index in [0.29, 0.717) is 17.5 Å². The van der Waals surface area contributed by atoms with Gasteiger partial charge in [0.2, 0.25) is 0 Å². The Labute approximate surface area is 309 Å². The second-order valence-electron chi connectivity index (χ2n) is 13.6. The molecule has 0 fully saturated rings. The molecule has 10 aromatic rings. The normalized spacial score (nSPS) is 12.1. The molecule has 0 unspecified atom stereocenters. The van der Waals surface area contributed by atoms with Crippen molar-refractivity contribution in [2.75, 3.05) is 0 Å². The highest BCUT2D eigenvalue weighted by Crippen LogP contribution is 2.42. The molecule has 3 heterocycles. The van der Waals surface area contributed by atoms with Crippen LogP contribution in [0.25, 0.3) is 94.1 Å². The summed E-state index contributed by atoms with van der Waals surface area (Å²) >= 11 is 1.71. The lowest BCUT2D eigenvalue weighted by atomic mass is 9.97. The standard InChI is InChI=1S/C47H29N5S/c1-4-10-29(11-5-1)45-49-46(30-12-6-2-7-13-30)51-47(50-45)33-18-21-43-40(25-33)39-24-32(17-20-42(39)52(43)36-14-8-3-9-15-36)31-16-19-37-34(22-31)23-35-26-44-41(27-38(35)37)48-28-53-44/h1-22,24-28H,23H2. The summed E-state index contributed by atoms with van der Waals surface area (Å²) in [5.41, 5.74) is 17.0. The Kier molecular flexibility index (Phi) is 6.72.